The van der Waals surface area contributed by atoms with Gasteiger partial charge in [0.1, 0.15) is 0 Å². The Labute approximate surface area is 97.3 Å². The average Bonchev–Trinajstić information content (AvgIpc) is 2.72. The largest absolute Gasteiger partial charge is 0.382 e. The van der Waals surface area contributed by atoms with Crippen molar-refractivity contribution in [1.29, 1.82) is 0 Å². The van der Waals surface area contributed by atoms with Gasteiger partial charge in [-0.1, -0.05) is 0 Å². The van der Waals surface area contributed by atoms with E-state index in [1.165, 1.54) is 5.69 Å². The van der Waals surface area contributed by atoms with E-state index in [-0.39, 0.29) is 0 Å². The number of rotatable bonds is 9. The summed E-state index contributed by atoms with van der Waals surface area (Å²) < 4.78 is 12.6. The molecule has 2 N–H and O–H groups in total. The molecule has 0 atom stereocenters. The third-order valence-electron chi connectivity index (χ3n) is 2.44. The molecule has 0 aliphatic heterocycles. The van der Waals surface area contributed by atoms with Gasteiger partial charge in [-0.05, 0) is 31.5 Å². The Balaban J connectivity index is 2.13. The van der Waals surface area contributed by atoms with E-state index in [0.29, 0.717) is 19.8 Å². The molecule has 4 heteroatoms. The van der Waals surface area contributed by atoms with Crippen LogP contribution in [0.15, 0.2) is 18.3 Å². The van der Waals surface area contributed by atoms with E-state index in [9.17, 15) is 0 Å². The van der Waals surface area contributed by atoms with Gasteiger partial charge in [-0.15, -0.1) is 0 Å². The van der Waals surface area contributed by atoms with Crippen LogP contribution < -0.4 is 5.73 Å². The second kappa shape index (κ2) is 8.33. The van der Waals surface area contributed by atoms with Crippen LogP contribution in [0.2, 0.25) is 0 Å². The van der Waals surface area contributed by atoms with Crippen molar-refractivity contribution in [3.63, 3.8) is 0 Å². The SMILES string of the molecule is COCCOCCCn1cccc1CCN. The van der Waals surface area contributed by atoms with Crippen molar-refractivity contribution >= 4 is 0 Å². The monoisotopic (exact) mass is 226 g/mol. The fraction of sp³-hybridized carbons (Fsp3) is 0.667. The van der Waals surface area contributed by atoms with E-state index in [1.807, 2.05) is 0 Å². The molecule has 1 heterocycles. The number of hydrogen-bond acceptors (Lipinski definition) is 3. The van der Waals surface area contributed by atoms with Gasteiger partial charge in [-0.25, -0.2) is 0 Å². The van der Waals surface area contributed by atoms with Crippen LogP contribution in [0.25, 0.3) is 0 Å². The van der Waals surface area contributed by atoms with Gasteiger partial charge in [-0.2, -0.15) is 0 Å². The molecule has 4 nitrogen and oxygen atoms in total. The van der Waals surface area contributed by atoms with Crippen LogP contribution in [-0.2, 0) is 22.4 Å². The Bertz CT molecular complexity index is 274. The maximum absolute atomic E-state index is 5.55. The first-order valence-corrected chi connectivity index (χ1v) is 5.79. The summed E-state index contributed by atoms with van der Waals surface area (Å²) >= 11 is 0. The van der Waals surface area contributed by atoms with Gasteiger partial charge in [0.15, 0.2) is 0 Å². The highest BCUT2D eigenvalue weighted by molar-refractivity contribution is 5.07. The minimum absolute atomic E-state index is 0.669. The molecule has 1 rings (SSSR count). The first-order chi connectivity index (χ1) is 7.88. The molecular weight excluding hydrogens is 204 g/mol. The second-order valence-corrected chi connectivity index (χ2v) is 3.69. The Morgan fingerprint density at radius 3 is 2.94 bits per heavy atom. The topological polar surface area (TPSA) is 49.4 Å². The van der Waals surface area contributed by atoms with Crippen molar-refractivity contribution in [3.05, 3.63) is 24.0 Å². The van der Waals surface area contributed by atoms with Gasteiger partial charge in [0, 0.05) is 32.2 Å². The summed E-state index contributed by atoms with van der Waals surface area (Å²) in [6.45, 7) is 3.83. The van der Waals surface area contributed by atoms with Crippen LogP contribution in [0.1, 0.15) is 12.1 Å². The minimum Gasteiger partial charge on any atom is -0.382 e. The van der Waals surface area contributed by atoms with Crippen LogP contribution in [0.5, 0.6) is 0 Å². The standard InChI is InChI=1S/C12H22N2O2/c1-15-10-11-16-9-3-8-14-7-2-4-12(14)5-6-13/h2,4,7H,3,5-6,8-11,13H2,1H3. The highest BCUT2D eigenvalue weighted by Gasteiger charge is 1.99. The van der Waals surface area contributed by atoms with E-state index in [0.717, 1.165) is 26.0 Å². The third-order valence-corrected chi connectivity index (χ3v) is 2.44. The Morgan fingerprint density at radius 2 is 2.19 bits per heavy atom. The van der Waals surface area contributed by atoms with Gasteiger partial charge in [0.05, 0.1) is 13.2 Å². The Hall–Kier alpha value is -0.840. The summed E-state index contributed by atoms with van der Waals surface area (Å²) in [5.41, 5.74) is 6.85. The fourth-order valence-corrected chi connectivity index (χ4v) is 1.62. The number of hydrogen-bond donors (Lipinski definition) is 1. The van der Waals surface area contributed by atoms with Crippen LogP contribution in [0, 0.1) is 0 Å². The molecule has 0 bridgehead atoms. The molecule has 0 aliphatic rings. The highest BCUT2D eigenvalue weighted by atomic mass is 16.5. The predicted molar refractivity (Wildman–Crippen MR) is 64.5 cm³/mol. The number of ether oxygens (including phenoxy) is 2. The molecule has 0 unspecified atom stereocenters. The van der Waals surface area contributed by atoms with Crippen LogP contribution in [-0.4, -0.2) is 38.0 Å². The summed E-state index contributed by atoms with van der Waals surface area (Å²) in [7, 11) is 1.68. The lowest BCUT2D eigenvalue weighted by molar-refractivity contribution is 0.0680. The third kappa shape index (κ3) is 4.79. The highest BCUT2D eigenvalue weighted by Crippen LogP contribution is 2.04. The number of aromatic nitrogens is 1. The van der Waals surface area contributed by atoms with Crippen molar-refractivity contribution in [1.82, 2.24) is 4.57 Å². The number of aryl methyl sites for hydroxylation is 1. The van der Waals surface area contributed by atoms with Gasteiger partial charge >= 0.3 is 0 Å². The van der Waals surface area contributed by atoms with E-state index in [4.69, 9.17) is 15.2 Å². The Morgan fingerprint density at radius 1 is 1.31 bits per heavy atom. The van der Waals surface area contributed by atoms with Crippen molar-refractivity contribution in [2.45, 2.75) is 19.4 Å². The Kier molecular flexibility index (Phi) is 6.88. The van der Waals surface area contributed by atoms with E-state index in [2.05, 4.69) is 22.9 Å². The van der Waals surface area contributed by atoms with Crippen molar-refractivity contribution in [2.75, 3.05) is 33.5 Å². The lowest BCUT2D eigenvalue weighted by Crippen LogP contribution is -2.10. The molecule has 0 spiro atoms. The molecule has 16 heavy (non-hydrogen) atoms. The summed E-state index contributed by atoms with van der Waals surface area (Å²) in [5.74, 6) is 0. The zero-order valence-corrected chi connectivity index (χ0v) is 10.0. The van der Waals surface area contributed by atoms with E-state index >= 15 is 0 Å². The molecular formula is C12H22N2O2. The number of nitrogens with zero attached hydrogens (tertiary/aromatic N) is 1. The normalized spacial score (nSPS) is 10.9. The van der Waals surface area contributed by atoms with Crippen molar-refractivity contribution in [2.24, 2.45) is 5.73 Å². The zero-order valence-electron chi connectivity index (χ0n) is 10.0. The van der Waals surface area contributed by atoms with Crippen molar-refractivity contribution in [3.8, 4) is 0 Å². The number of methoxy groups -OCH3 is 1. The molecule has 0 aliphatic carbocycles. The molecule has 92 valence electrons. The van der Waals surface area contributed by atoms with E-state index < -0.39 is 0 Å². The molecule has 0 amide bonds. The number of nitrogens with two attached hydrogens (primary N) is 1. The summed E-state index contributed by atoms with van der Waals surface area (Å²) in [6, 6.07) is 4.19. The predicted octanol–water partition coefficient (Wildman–Crippen LogP) is 1.04. The first kappa shape index (κ1) is 13.2. The van der Waals surface area contributed by atoms with Gasteiger partial charge in [-0.3, -0.25) is 0 Å². The van der Waals surface area contributed by atoms with Gasteiger partial charge in [0.2, 0.25) is 0 Å². The van der Waals surface area contributed by atoms with Gasteiger partial charge in [0.25, 0.3) is 0 Å². The molecule has 0 radical (unpaired) electrons. The lowest BCUT2D eigenvalue weighted by atomic mass is 10.3. The lowest BCUT2D eigenvalue weighted by Gasteiger charge is -2.08. The molecule has 0 fully saturated rings. The molecule has 0 saturated carbocycles. The quantitative estimate of drug-likeness (QED) is 0.640. The summed E-state index contributed by atoms with van der Waals surface area (Å²) in [5, 5.41) is 0. The molecule has 1 aromatic heterocycles. The van der Waals surface area contributed by atoms with Crippen LogP contribution in [0.4, 0.5) is 0 Å². The maximum Gasteiger partial charge on any atom is 0.0700 e. The summed E-state index contributed by atoms with van der Waals surface area (Å²) in [4.78, 5) is 0. The molecule has 0 aromatic carbocycles. The smallest absolute Gasteiger partial charge is 0.0700 e. The molecule has 0 saturated heterocycles. The average molecular weight is 226 g/mol. The van der Waals surface area contributed by atoms with Crippen LogP contribution >= 0.6 is 0 Å². The van der Waals surface area contributed by atoms with Crippen molar-refractivity contribution < 1.29 is 9.47 Å². The van der Waals surface area contributed by atoms with Gasteiger partial charge < -0.3 is 19.8 Å². The molecule has 1 aromatic rings. The first-order valence-electron chi connectivity index (χ1n) is 5.79. The zero-order chi connectivity index (χ0) is 11.6. The second-order valence-electron chi connectivity index (χ2n) is 3.69. The summed E-state index contributed by atoms with van der Waals surface area (Å²) in [6.07, 6.45) is 4.06. The maximum atomic E-state index is 5.55. The minimum atomic E-state index is 0.669. The van der Waals surface area contributed by atoms with E-state index in [1.54, 1.807) is 7.11 Å². The van der Waals surface area contributed by atoms with Crippen LogP contribution in [0.3, 0.4) is 0 Å². The fourth-order valence-electron chi connectivity index (χ4n) is 1.62.